The molecule has 2 aromatic carbocycles. The van der Waals surface area contributed by atoms with Crippen LogP contribution in [0, 0.1) is 34.5 Å². The molecule has 2 aromatic rings. The highest BCUT2D eigenvalue weighted by molar-refractivity contribution is 5.91. The number of fused-ring (bicyclic) bond motifs is 5. The summed E-state index contributed by atoms with van der Waals surface area (Å²) in [6.07, 6.45) is 7.82. The summed E-state index contributed by atoms with van der Waals surface area (Å²) >= 11 is 0. The Morgan fingerprint density at radius 3 is 2.25 bits per heavy atom. The van der Waals surface area contributed by atoms with Crippen LogP contribution < -0.4 is 10.6 Å². The lowest BCUT2D eigenvalue weighted by atomic mass is 9.50. The normalized spacial score (nSPS) is 35.2. The zero-order chi connectivity index (χ0) is 24.9. The molecule has 0 aromatic heterocycles. The predicted molar refractivity (Wildman–Crippen MR) is 142 cm³/mol. The molecule has 3 aliphatic carbocycles. The van der Waals surface area contributed by atoms with Crippen LogP contribution in [0.25, 0.3) is 0 Å². The van der Waals surface area contributed by atoms with Crippen molar-refractivity contribution >= 4 is 11.7 Å². The van der Waals surface area contributed by atoms with Gasteiger partial charge in [0.25, 0.3) is 0 Å². The largest absolute Gasteiger partial charge is 0.387 e. The molecule has 1 saturated heterocycles. The van der Waals surface area contributed by atoms with Crippen molar-refractivity contribution in [3.05, 3.63) is 83.6 Å². The molecule has 4 unspecified atom stereocenters. The predicted octanol–water partition coefficient (Wildman–Crippen LogP) is 5.81. The van der Waals surface area contributed by atoms with E-state index in [9.17, 15) is 9.59 Å². The average Bonchev–Trinajstić information content (AvgIpc) is 3.26. The number of hydrogen-bond acceptors (Lipinski definition) is 3. The van der Waals surface area contributed by atoms with Gasteiger partial charge in [-0.2, -0.15) is 0 Å². The minimum atomic E-state index is -0.137. The van der Waals surface area contributed by atoms with Gasteiger partial charge >= 0.3 is 0 Å². The fourth-order valence-corrected chi connectivity index (χ4v) is 8.47. The molecule has 3 fully saturated rings. The monoisotopic (exact) mass is 482 g/mol. The summed E-state index contributed by atoms with van der Waals surface area (Å²) in [5, 5.41) is 7.16. The van der Waals surface area contributed by atoms with Crippen LogP contribution in [-0.2, 0) is 9.59 Å². The number of rotatable bonds is 4. The van der Waals surface area contributed by atoms with Gasteiger partial charge in [0.1, 0.15) is 0 Å². The Labute approximate surface area is 214 Å². The lowest BCUT2D eigenvalue weighted by Crippen LogP contribution is -2.57. The van der Waals surface area contributed by atoms with Gasteiger partial charge in [0, 0.05) is 36.1 Å². The summed E-state index contributed by atoms with van der Waals surface area (Å²) in [7, 11) is 0. The first-order valence-corrected chi connectivity index (χ1v) is 13.8. The number of allylic oxidation sites excluding steroid dienone is 2. The molecule has 0 spiro atoms. The number of carbonyl (C=O) groups excluding carboxylic acids is 2. The highest BCUT2D eigenvalue weighted by Crippen LogP contribution is 2.64. The molecule has 2 N–H and O–H groups in total. The van der Waals surface area contributed by atoms with Crippen molar-refractivity contribution in [2.45, 2.75) is 58.4 Å². The van der Waals surface area contributed by atoms with E-state index in [0.29, 0.717) is 24.2 Å². The third-order valence-corrected chi connectivity index (χ3v) is 10.5. The Bertz CT molecular complexity index is 1140. The lowest BCUT2D eigenvalue weighted by molar-refractivity contribution is -0.133. The van der Waals surface area contributed by atoms with Crippen molar-refractivity contribution in [2.75, 3.05) is 6.54 Å². The summed E-state index contributed by atoms with van der Waals surface area (Å²) < 4.78 is 0. The van der Waals surface area contributed by atoms with Gasteiger partial charge in [-0.05, 0) is 66.4 Å². The van der Waals surface area contributed by atoms with Crippen LogP contribution in [-0.4, -0.2) is 18.2 Å². The van der Waals surface area contributed by atoms with Gasteiger partial charge in [-0.1, -0.05) is 74.5 Å². The average molecular weight is 483 g/mol. The van der Waals surface area contributed by atoms with E-state index in [-0.39, 0.29) is 34.5 Å². The van der Waals surface area contributed by atoms with Crippen LogP contribution >= 0.6 is 0 Å². The summed E-state index contributed by atoms with van der Waals surface area (Å²) in [5.41, 5.74) is 3.51. The van der Waals surface area contributed by atoms with Gasteiger partial charge in [-0.15, -0.1) is 0 Å². The first-order chi connectivity index (χ1) is 17.4. The molecule has 6 atom stereocenters. The second-order valence-corrected chi connectivity index (χ2v) is 12.1. The van der Waals surface area contributed by atoms with Gasteiger partial charge in [-0.3, -0.25) is 9.59 Å². The molecule has 4 heteroatoms. The van der Waals surface area contributed by atoms with E-state index in [2.05, 4.69) is 48.7 Å². The van der Waals surface area contributed by atoms with Gasteiger partial charge in [0.2, 0.25) is 5.91 Å². The van der Waals surface area contributed by atoms with Crippen LogP contribution in [0.5, 0.6) is 0 Å². The molecule has 1 aliphatic heterocycles. The third kappa shape index (κ3) is 3.72. The van der Waals surface area contributed by atoms with E-state index in [1.807, 2.05) is 42.5 Å². The number of hydrogen-bond donors (Lipinski definition) is 2. The number of nitrogens with one attached hydrogen (secondary N) is 2. The molecule has 0 bridgehead atoms. The van der Waals surface area contributed by atoms with Gasteiger partial charge < -0.3 is 10.6 Å². The first kappa shape index (κ1) is 23.5. The van der Waals surface area contributed by atoms with Crippen molar-refractivity contribution < 1.29 is 9.59 Å². The van der Waals surface area contributed by atoms with E-state index in [1.165, 1.54) is 5.70 Å². The molecule has 1 amide bonds. The minimum Gasteiger partial charge on any atom is -0.387 e. The van der Waals surface area contributed by atoms with Crippen LogP contribution in [0.2, 0.25) is 0 Å². The summed E-state index contributed by atoms with van der Waals surface area (Å²) in [5.74, 6) is 2.21. The van der Waals surface area contributed by atoms with Crippen LogP contribution in [0.4, 0.5) is 0 Å². The number of carbonyl (C=O) groups is 2. The zero-order valence-electron chi connectivity index (χ0n) is 21.5. The fourth-order valence-electron chi connectivity index (χ4n) is 8.47. The third-order valence-electron chi connectivity index (χ3n) is 10.5. The summed E-state index contributed by atoms with van der Waals surface area (Å²) in [4.78, 5) is 26.1. The van der Waals surface area contributed by atoms with Crippen molar-refractivity contribution in [3.63, 3.8) is 0 Å². The Hall–Kier alpha value is -2.88. The maximum absolute atomic E-state index is 14.0. The Morgan fingerprint density at radius 1 is 0.917 bits per heavy atom. The summed E-state index contributed by atoms with van der Waals surface area (Å²) in [6.45, 7) is 5.70. The van der Waals surface area contributed by atoms with Crippen molar-refractivity contribution in [1.82, 2.24) is 10.6 Å². The highest BCUT2D eigenvalue weighted by Gasteiger charge is 2.60. The van der Waals surface area contributed by atoms with E-state index in [1.54, 1.807) is 0 Å². The second-order valence-electron chi connectivity index (χ2n) is 12.1. The molecule has 1 heterocycles. The molecule has 6 rings (SSSR count). The van der Waals surface area contributed by atoms with Crippen LogP contribution in [0.1, 0.15) is 69.5 Å². The van der Waals surface area contributed by atoms with Crippen LogP contribution in [0.15, 0.2) is 72.4 Å². The number of piperidine rings is 1. The standard InChI is InChI=1S/C32H38N2O2/c1-31-18-16-26-24(20-33-28-19-23(35)15-17-32(26,28)2)25(31)13-14-27(31)30(36)34-29(21-9-5-3-6-10-21)22-11-7-4-8-12-22/h3-12,19,24-27,29,33H,13-18,20H2,1-2H3,(H,34,36)/t24?,25?,26?,27?,31-,32+/m0/s1. The molecule has 36 heavy (non-hydrogen) atoms. The summed E-state index contributed by atoms with van der Waals surface area (Å²) in [6, 6.07) is 20.5. The van der Waals surface area contributed by atoms with Crippen molar-refractivity contribution in [2.24, 2.45) is 34.5 Å². The molecule has 188 valence electrons. The van der Waals surface area contributed by atoms with Crippen molar-refractivity contribution in [3.8, 4) is 0 Å². The minimum absolute atomic E-state index is 0.0208. The SMILES string of the molecule is C[C@]12CCC3C(CNC4=CC(=O)CC[C@@]43C)C1CCC2C(=O)NC(c1ccccc1)c1ccccc1. The number of amides is 1. The van der Waals surface area contributed by atoms with Gasteiger partial charge in [0.15, 0.2) is 5.78 Å². The molecular weight excluding hydrogens is 444 g/mol. The maximum atomic E-state index is 14.0. The topological polar surface area (TPSA) is 58.2 Å². The van der Waals surface area contributed by atoms with E-state index in [0.717, 1.165) is 49.8 Å². The second kappa shape index (κ2) is 8.90. The van der Waals surface area contributed by atoms with E-state index in [4.69, 9.17) is 0 Å². The lowest BCUT2D eigenvalue weighted by Gasteiger charge is -2.58. The Morgan fingerprint density at radius 2 is 1.58 bits per heavy atom. The molecule has 2 saturated carbocycles. The highest BCUT2D eigenvalue weighted by atomic mass is 16.2. The Balaban J connectivity index is 1.24. The zero-order valence-corrected chi connectivity index (χ0v) is 21.5. The van der Waals surface area contributed by atoms with E-state index < -0.39 is 0 Å². The quantitative estimate of drug-likeness (QED) is 0.578. The molecule has 4 nitrogen and oxygen atoms in total. The Kier molecular flexibility index (Phi) is 5.81. The smallest absolute Gasteiger partial charge is 0.224 e. The van der Waals surface area contributed by atoms with E-state index >= 15 is 0 Å². The van der Waals surface area contributed by atoms with Crippen LogP contribution in [0.3, 0.4) is 0 Å². The van der Waals surface area contributed by atoms with Gasteiger partial charge in [0.05, 0.1) is 6.04 Å². The molecule has 4 aliphatic rings. The fraction of sp³-hybridized carbons (Fsp3) is 0.500. The molecular formula is C32H38N2O2. The molecule has 0 radical (unpaired) electrons. The van der Waals surface area contributed by atoms with Crippen molar-refractivity contribution in [1.29, 1.82) is 0 Å². The number of ketones is 1. The maximum Gasteiger partial charge on any atom is 0.224 e. The number of benzene rings is 2. The van der Waals surface area contributed by atoms with Gasteiger partial charge in [-0.25, -0.2) is 0 Å². The first-order valence-electron chi connectivity index (χ1n) is 13.8.